The number of unbranched alkanes of at least 4 members (excludes halogenated alkanes) is 4. The second kappa shape index (κ2) is 17.3. The molecule has 5 aliphatic rings. The maximum Gasteiger partial charge on any atom is 0.259 e. The number of fused-ring (bicyclic) bond motifs is 2. The normalized spacial score (nSPS) is 20.3. The Morgan fingerprint density at radius 3 is 2.39 bits per heavy atom. The molecule has 3 aromatic carbocycles. The van der Waals surface area contributed by atoms with E-state index >= 15 is 0 Å². The summed E-state index contributed by atoms with van der Waals surface area (Å²) in [5.41, 5.74) is 5.56. The third kappa shape index (κ3) is 8.51. The van der Waals surface area contributed by atoms with E-state index in [2.05, 4.69) is 15.5 Å². The number of nitrogens with one attached hydrogen (secondary N) is 2. The van der Waals surface area contributed by atoms with Gasteiger partial charge in [-0.15, -0.1) is 0 Å². The molecule has 12 heteroatoms. The topological polar surface area (TPSA) is 121 Å². The van der Waals surface area contributed by atoms with Crippen molar-refractivity contribution in [3.05, 3.63) is 82.2 Å². The Morgan fingerprint density at radius 1 is 0.807 bits per heavy atom. The van der Waals surface area contributed by atoms with Crippen LogP contribution in [0.1, 0.15) is 127 Å². The van der Waals surface area contributed by atoms with Crippen LogP contribution in [0, 0.1) is 5.82 Å². The largest absolute Gasteiger partial charge is 0.490 e. The zero-order chi connectivity index (χ0) is 39.5. The zero-order valence-corrected chi connectivity index (χ0v) is 33.0. The number of benzene rings is 3. The van der Waals surface area contributed by atoms with Gasteiger partial charge in [0.05, 0.1) is 19.3 Å². The number of ether oxygens (including phenoxy) is 2. The molecule has 4 heterocycles. The van der Waals surface area contributed by atoms with Crippen molar-refractivity contribution < 1.29 is 33.0 Å². The van der Waals surface area contributed by atoms with Crippen LogP contribution in [0.25, 0.3) is 0 Å². The molecule has 2 N–H and O–H groups in total. The Labute approximate surface area is 334 Å². The van der Waals surface area contributed by atoms with E-state index in [1.54, 1.807) is 6.07 Å². The van der Waals surface area contributed by atoms with Crippen molar-refractivity contribution in [2.45, 2.75) is 115 Å². The van der Waals surface area contributed by atoms with E-state index in [4.69, 9.17) is 9.47 Å². The van der Waals surface area contributed by atoms with Crippen molar-refractivity contribution in [1.29, 1.82) is 0 Å². The van der Waals surface area contributed by atoms with Crippen LogP contribution >= 0.6 is 0 Å². The molecule has 3 fully saturated rings. The first-order valence-corrected chi connectivity index (χ1v) is 21.0. The fraction of sp³-hybridized carbons (Fsp3) is 0.511. The van der Waals surface area contributed by atoms with E-state index in [9.17, 15) is 23.6 Å². The predicted octanol–water partition coefficient (Wildman–Crippen LogP) is 7.32. The highest BCUT2D eigenvalue weighted by atomic mass is 19.1. The molecule has 11 nitrogen and oxygen atoms in total. The molecule has 2 saturated heterocycles. The molecule has 1 atom stereocenters. The van der Waals surface area contributed by atoms with Crippen LogP contribution in [0.2, 0.25) is 0 Å². The molecule has 4 amide bonds. The molecule has 3 aromatic rings. The van der Waals surface area contributed by atoms with E-state index < -0.39 is 17.8 Å². The molecule has 0 spiro atoms. The quantitative estimate of drug-likeness (QED) is 0.122. The molecule has 0 bridgehead atoms. The Bertz CT molecular complexity index is 2010. The van der Waals surface area contributed by atoms with Crippen LogP contribution in [0.15, 0.2) is 48.5 Å². The van der Waals surface area contributed by atoms with Gasteiger partial charge >= 0.3 is 0 Å². The Balaban J connectivity index is 0.770. The van der Waals surface area contributed by atoms with Gasteiger partial charge in [-0.3, -0.25) is 24.5 Å². The van der Waals surface area contributed by atoms with Gasteiger partial charge in [-0.2, -0.15) is 0 Å². The minimum absolute atomic E-state index is 0.000786. The third-order valence-electron chi connectivity index (χ3n) is 12.6. The smallest absolute Gasteiger partial charge is 0.259 e. The number of anilines is 2. The monoisotopic (exact) mass is 779 g/mol. The molecule has 8 rings (SSSR count). The van der Waals surface area contributed by atoms with E-state index in [0.29, 0.717) is 30.9 Å². The number of halogens is 1. The van der Waals surface area contributed by atoms with E-state index in [-0.39, 0.29) is 42.7 Å². The predicted molar refractivity (Wildman–Crippen MR) is 215 cm³/mol. The van der Waals surface area contributed by atoms with Gasteiger partial charge < -0.3 is 29.5 Å². The van der Waals surface area contributed by atoms with E-state index in [1.165, 1.54) is 23.8 Å². The summed E-state index contributed by atoms with van der Waals surface area (Å²) in [7, 11) is 1.86. The van der Waals surface area contributed by atoms with Gasteiger partial charge in [0.1, 0.15) is 11.9 Å². The van der Waals surface area contributed by atoms with Gasteiger partial charge in [0.25, 0.3) is 11.8 Å². The molecular weight excluding hydrogens is 726 g/mol. The van der Waals surface area contributed by atoms with E-state index in [1.807, 2.05) is 48.3 Å². The average Bonchev–Trinajstić information content (AvgIpc) is 3.94. The number of imide groups is 1. The lowest BCUT2D eigenvalue weighted by atomic mass is 9.85. The minimum Gasteiger partial charge on any atom is -0.490 e. The highest BCUT2D eigenvalue weighted by molar-refractivity contribution is 6.10. The maximum absolute atomic E-state index is 14.8. The zero-order valence-electron chi connectivity index (χ0n) is 33.0. The van der Waals surface area contributed by atoms with Gasteiger partial charge in [0.2, 0.25) is 11.8 Å². The first-order valence-electron chi connectivity index (χ1n) is 21.0. The summed E-state index contributed by atoms with van der Waals surface area (Å²) in [6.45, 7) is 4.30. The van der Waals surface area contributed by atoms with Gasteiger partial charge in [0.15, 0.2) is 11.5 Å². The van der Waals surface area contributed by atoms with Crippen LogP contribution in [-0.4, -0.2) is 78.9 Å². The molecule has 1 unspecified atom stereocenters. The Morgan fingerprint density at radius 2 is 1.60 bits per heavy atom. The van der Waals surface area contributed by atoms with Crippen molar-refractivity contribution in [2.75, 3.05) is 43.5 Å². The van der Waals surface area contributed by atoms with Crippen molar-refractivity contribution in [2.24, 2.45) is 0 Å². The first kappa shape index (κ1) is 38.9. The average molecular weight is 780 g/mol. The van der Waals surface area contributed by atoms with Crippen molar-refractivity contribution in [1.82, 2.24) is 15.1 Å². The molecule has 0 radical (unpaired) electrons. The van der Waals surface area contributed by atoms with Crippen molar-refractivity contribution >= 4 is 35.0 Å². The lowest BCUT2D eigenvalue weighted by Crippen LogP contribution is -2.52. The second-order valence-electron chi connectivity index (χ2n) is 16.3. The number of carbonyl (C=O) groups is 4. The summed E-state index contributed by atoms with van der Waals surface area (Å²) in [6, 6.07) is 14.0. The van der Waals surface area contributed by atoms with Crippen LogP contribution in [0.5, 0.6) is 11.5 Å². The van der Waals surface area contributed by atoms with Gasteiger partial charge in [-0.25, -0.2) is 4.39 Å². The first-order chi connectivity index (χ1) is 27.7. The Hall–Kier alpha value is -4.97. The van der Waals surface area contributed by atoms with Crippen molar-refractivity contribution in [3.63, 3.8) is 0 Å². The number of hydrogen-bond acceptors (Lipinski definition) is 8. The van der Waals surface area contributed by atoms with Gasteiger partial charge in [-0.1, -0.05) is 25.3 Å². The fourth-order valence-corrected chi connectivity index (χ4v) is 9.36. The van der Waals surface area contributed by atoms with Gasteiger partial charge in [0, 0.05) is 48.6 Å². The SMILES string of the molecule is CNc1ccc2c(c1)C(=O)N(c1ccc(OCCCCCCCN3CCC(c4cc(F)cc5c4CN(C4CCC(=O)NC4=O)C5=O)CC3)c(OC3CCCC3)c1)C2. The fourth-order valence-electron chi connectivity index (χ4n) is 9.36. The number of carbonyl (C=O) groups excluding carboxylic acids is 4. The number of piperidine rings is 2. The summed E-state index contributed by atoms with van der Waals surface area (Å²) in [5.74, 6) is 0.0795. The van der Waals surface area contributed by atoms with Crippen LogP contribution in [0.4, 0.5) is 15.8 Å². The van der Waals surface area contributed by atoms with Crippen molar-refractivity contribution in [3.8, 4) is 11.5 Å². The highest BCUT2D eigenvalue weighted by Crippen LogP contribution is 2.40. The molecular formula is C45H54FN5O6. The summed E-state index contributed by atoms with van der Waals surface area (Å²) in [5, 5.41) is 5.47. The number of hydrogen-bond donors (Lipinski definition) is 2. The minimum atomic E-state index is -0.708. The van der Waals surface area contributed by atoms with Crippen LogP contribution in [0.3, 0.4) is 0 Å². The number of rotatable bonds is 15. The summed E-state index contributed by atoms with van der Waals surface area (Å²) >= 11 is 0. The summed E-state index contributed by atoms with van der Waals surface area (Å²) < 4.78 is 27.6. The number of amides is 4. The number of likely N-dealkylation sites (tertiary alicyclic amines) is 1. The Kier molecular flexibility index (Phi) is 11.8. The molecule has 57 heavy (non-hydrogen) atoms. The van der Waals surface area contributed by atoms with E-state index in [0.717, 1.165) is 117 Å². The second-order valence-corrected chi connectivity index (χ2v) is 16.3. The standard InChI is InChI=1S/C45H54FN5O6/c1-47-32-12-11-30-27-50(44(54)36(30)25-32)33-13-15-40(41(26-33)57-34-9-5-6-10-34)56-22-8-4-2-3-7-19-49-20-17-29(18-21-49)35-23-31(46)24-37-38(35)28-51(45(37)55)39-14-16-42(52)48-43(39)53/h11-13,15,23-26,29,34,39,47H,2-10,14,16-22,27-28H2,1H3,(H,48,52,53). The summed E-state index contributed by atoms with van der Waals surface area (Å²) in [6.07, 6.45) is 12.3. The molecule has 4 aliphatic heterocycles. The third-order valence-corrected chi connectivity index (χ3v) is 12.6. The maximum atomic E-state index is 14.8. The highest BCUT2D eigenvalue weighted by Gasteiger charge is 2.41. The summed E-state index contributed by atoms with van der Waals surface area (Å²) in [4.78, 5) is 56.7. The van der Waals surface area contributed by atoms with Crippen LogP contribution in [-0.2, 0) is 22.7 Å². The number of nitrogens with zero attached hydrogens (tertiary/aromatic N) is 3. The lowest BCUT2D eigenvalue weighted by Gasteiger charge is -2.33. The molecule has 1 aliphatic carbocycles. The lowest BCUT2D eigenvalue weighted by molar-refractivity contribution is -0.136. The van der Waals surface area contributed by atoms with Crippen LogP contribution < -0.4 is 25.0 Å². The molecule has 0 aromatic heterocycles. The molecule has 1 saturated carbocycles. The van der Waals surface area contributed by atoms with Gasteiger partial charge in [-0.05, 0) is 136 Å². The molecule has 302 valence electrons.